The summed E-state index contributed by atoms with van der Waals surface area (Å²) >= 11 is 3.22. The van der Waals surface area contributed by atoms with E-state index >= 15 is 0 Å². The van der Waals surface area contributed by atoms with E-state index in [0.29, 0.717) is 11.0 Å². The van der Waals surface area contributed by atoms with Gasteiger partial charge < -0.3 is 10.0 Å². The highest BCUT2D eigenvalue weighted by Gasteiger charge is 2.11. The summed E-state index contributed by atoms with van der Waals surface area (Å²) in [6.07, 6.45) is 0. The van der Waals surface area contributed by atoms with Crippen LogP contribution < -0.4 is 5.46 Å². The van der Waals surface area contributed by atoms with E-state index in [1.165, 1.54) is 0 Å². The van der Waals surface area contributed by atoms with E-state index in [-0.39, 0.29) is 89.4 Å². The lowest BCUT2D eigenvalue weighted by Crippen LogP contribution is -2.29. The number of halogens is 1. The molecule has 0 heterocycles. The molecule has 0 aliphatic carbocycles. The van der Waals surface area contributed by atoms with Crippen molar-refractivity contribution in [1.82, 2.24) is 0 Å². The molecule has 0 saturated heterocycles. The van der Waals surface area contributed by atoms with Gasteiger partial charge in [-0.3, -0.25) is 0 Å². The first-order valence-corrected chi connectivity index (χ1v) is 16.7. The van der Waals surface area contributed by atoms with Crippen molar-refractivity contribution in [2.45, 2.75) is 0 Å². The van der Waals surface area contributed by atoms with Gasteiger partial charge in [0.25, 0.3) is 0 Å². The third kappa shape index (κ3) is 6.80. The second-order valence-electron chi connectivity index (χ2n) is 11.5. The summed E-state index contributed by atoms with van der Waals surface area (Å²) in [5, 5.41) is 21.7. The highest BCUT2D eigenvalue weighted by atomic mass is 79.9. The Balaban J connectivity index is 0.000000155. The summed E-state index contributed by atoms with van der Waals surface area (Å²) in [6.45, 7) is 0. The fraction of sp³-hybridized carbons (Fsp3) is 0. The smallest absolute Gasteiger partial charge is 0.423 e. The molecular formula is C48H34BBrO2. The molecule has 0 bridgehead atoms. The van der Waals surface area contributed by atoms with Crippen LogP contribution in [-0.2, 0) is 0 Å². The van der Waals surface area contributed by atoms with E-state index in [1.807, 2.05) is 66.7 Å². The first-order valence-electron chi connectivity index (χ1n) is 24.9. The summed E-state index contributed by atoms with van der Waals surface area (Å²) in [6, 6.07) is 18.6. The molecule has 0 spiro atoms. The van der Waals surface area contributed by atoms with Gasteiger partial charge in [0.05, 0.1) is 24.7 Å². The molecule has 10 aromatic carbocycles. The van der Waals surface area contributed by atoms with E-state index in [9.17, 15) is 0 Å². The Labute approximate surface area is 336 Å². The molecule has 4 heteroatoms. The van der Waals surface area contributed by atoms with Crippen LogP contribution in [0.1, 0.15) is 24.7 Å². The minimum atomic E-state index is -1.38. The van der Waals surface area contributed by atoms with Crippen LogP contribution in [0.3, 0.4) is 0 Å². The molecule has 0 fully saturated rings. The quantitative estimate of drug-likeness (QED) is 0.136. The highest BCUT2D eigenvalue weighted by molar-refractivity contribution is 9.10. The van der Waals surface area contributed by atoms with Crippen molar-refractivity contribution in [3.63, 3.8) is 0 Å². The Bertz CT molecular complexity index is 3640. The van der Waals surface area contributed by atoms with E-state index in [1.54, 1.807) is 18.2 Å². The van der Waals surface area contributed by atoms with E-state index in [4.69, 9.17) is 34.7 Å². The van der Waals surface area contributed by atoms with Crippen LogP contribution in [0.5, 0.6) is 0 Å². The Morgan fingerprint density at radius 1 is 0.423 bits per heavy atom. The Morgan fingerprint density at radius 3 is 1.33 bits per heavy atom. The largest absolute Gasteiger partial charge is 0.488 e. The third-order valence-corrected chi connectivity index (χ3v) is 9.09. The van der Waals surface area contributed by atoms with Gasteiger partial charge >= 0.3 is 7.12 Å². The second kappa shape index (κ2) is 14.8. The fourth-order valence-electron chi connectivity index (χ4n) is 5.83. The molecular weight excluding hydrogens is 699 g/mol. The van der Waals surface area contributed by atoms with E-state index in [2.05, 4.69) is 15.9 Å². The second-order valence-corrected chi connectivity index (χ2v) is 12.3. The molecule has 2 N–H and O–H groups in total. The fourth-order valence-corrected chi connectivity index (χ4v) is 6.43. The van der Waals surface area contributed by atoms with Gasteiger partial charge in [0.15, 0.2) is 0 Å². The molecule has 0 aromatic heterocycles. The Kier molecular flexibility index (Phi) is 5.32. The number of benzene rings is 10. The van der Waals surface area contributed by atoms with Crippen molar-refractivity contribution in [2.75, 3.05) is 0 Å². The maximum absolute atomic E-state index is 8.94. The van der Waals surface area contributed by atoms with Gasteiger partial charge in [-0.05, 0) is 115 Å². The standard InChI is InChI=1S/C24H16.C14H9Br.C10H9BO2/c1-2-8-18-15-21(14-13-17(18)7-1)24-22-11-5-3-9-19(22)16-20-10-4-6-12-23(20)24;15-14-12-7-3-1-5-10(12)9-11-6-2-4-8-13(11)14;12-11(13)10-6-5-8-3-1-2-4-9(8)7-10/h1-16H;1-9H;1-7,12-13H/i3D,4D,5D,6D,9D,10D,11D,12D,16D;1D,2D,3D,4D,5D,6D,7D,8D,9D;. The summed E-state index contributed by atoms with van der Waals surface area (Å²) in [5.41, 5.74) is 1.33. The summed E-state index contributed by atoms with van der Waals surface area (Å²) in [4.78, 5) is 0. The zero-order chi connectivity index (χ0) is 51.1. The van der Waals surface area contributed by atoms with E-state index in [0.717, 1.165) is 21.5 Å². The summed E-state index contributed by atoms with van der Waals surface area (Å²) in [5.74, 6) is 0. The molecule has 0 aliphatic rings. The maximum atomic E-state index is 8.94. The zero-order valence-electron chi connectivity index (χ0n) is 44.9. The number of hydrogen-bond donors (Lipinski definition) is 2. The van der Waals surface area contributed by atoms with Gasteiger partial charge in [0.1, 0.15) is 0 Å². The van der Waals surface area contributed by atoms with Crippen molar-refractivity contribution in [3.8, 4) is 11.1 Å². The van der Waals surface area contributed by atoms with Gasteiger partial charge in [0, 0.05) is 4.47 Å². The lowest BCUT2D eigenvalue weighted by atomic mass is 9.79. The minimum Gasteiger partial charge on any atom is -0.423 e. The Hall–Kier alpha value is -5.78. The van der Waals surface area contributed by atoms with Gasteiger partial charge in [-0.2, -0.15) is 0 Å². The normalized spacial score (nSPS) is 15.8. The molecule has 2 nitrogen and oxygen atoms in total. The van der Waals surface area contributed by atoms with Gasteiger partial charge in [-0.15, -0.1) is 0 Å². The molecule has 52 heavy (non-hydrogen) atoms. The first-order chi connectivity index (χ1) is 33.0. The molecule has 0 saturated carbocycles. The SMILES string of the molecule is OB(O)c1ccc2ccccc2c1.[2H]c1c([2H])c([2H])c2c(-c3ccc4ccccc4c3)c3c([2H])c([2H])c([2H])c([2H])c3c([2H])c2c1[2H].[2H]c1c([2H])c([2H])c2c(Br)c3c([2H])c([2H])c([2H])c([2H])c3c([2H])c2c1[2H]. The number of fused-ring (bicyclic) bond motifs is 6. The van der Waals surface area contributed by atoms with Crippen LogP contribution in [0.15, 0.2) is 198 Å². The number of rotatable bonds is 2. The van der Waals surface area contributed by atoms with Crippen LogP contribution in [0, 0.1) is 0 Å². The van der Waals surface area contributed by atoms with Crippen molar-refractivity contribution >= 4 is 93.1 Å². The molecule has 10 aromatic rings. The average Bonchev–Trinajstić information content (AvgIpc) is 3.35. The van der Waals surface area contributed by atoms with Crippen LogP contribution in [0.4, 0.5) is 0 Å². The third-order valence-electron chi connectivity index (χ3n) is 8.30. The monoisotopic (exact) mass is 750 g/mol. The molecule has 10 rings (SSSR count). The van der Waals surface area contributed by atoms with Crippen LogP contribution in [-0.4, -0.2) is 17.2 Å². The maximum Gasteiger partial charge on any atom is 0.488 e. The molecule has 248 valence electrons. The molecule has 0 atom stereocenters. The molecule has 0 aliphatic heterocycles. The average molecular weight is 752 g/mol. The number of hydrogen-bond acceptors (Lipinski definition) is 2. The van der Waals surface area contributed by atoms with Gasteiger partial charge in [-0.1, -0.05) is 176 Å². The van der Waals surface area contributed by atoms with Crippen molar-refractivity contribution < 1.29 is 34.7 Å². The summed E-state index contributed by atoms with van der Waals surface area (Å²) < 4.78 is 147. The topological polar surface area (TPSA) is 40.5 Å². The zero-order valence-corrected chi connectivity index (χ0v) is 28.5. The van der Waals surface area contributed by atoms with Crippen LogP contribution in [0.25, 0.3) is 75.8 Å². The lowest BCUT2D eigenvalue weighted by molar-refractivity contribution is 0.426. The van der Waals surface area contributed by atoms with Crippen LogP contribution >= 0.6 is 15.9 Å². The van der Waals surface area contributed by atoms with E-state index < -0.39 is 79.6 Å². The van der Waals surface area contributed by atoms with Gasteiger partial charge in [-0.25, -0.2) is 0 Å². The van der Waals surface area contributed by atoms with Gasteiger partial charge in [0.2, 0.25) is 0 Å². The Morgan fingerprint density at radius 2 is 0.827 bits per heavy atom. The highest BCUT2D eigenvalue weighted by Crippen LogP contribution is 2.37. The van der Waals surface area contributed by atoms with Crippen molar-refractivity contribution in [2.24, 2.45) is 0 Å². The minimum absolute atomic E-state index is 0.0310. The lowest BCUT2D eigenvalue weighted by Gasteiger charge is -2.13. The first kappa shape index (κ1) is 18.6. The molecule has 0 radical (unpaired) electrons. The predicted octanol–water partition coefficient (Wildman–Crippen LogP) is 12.1. The predicted molar refractivity (Wildman–Crippen MR) is 227 cm³/mol. The van der Waals surface area contributed by atoms with Crippen LogP contribution in [0.2, 0.25) is 0 Å². The van der Waals surface area contributed by atoms with Crippen molar-refractivity contribution in [3.05, 3.63) is 198 Å². The van der Waals surface area contributed by atoms with Crippen molar-refractivity contribution in [1.29, 1.82) is 0 Å². The summed E-state index contributed by atoms with van der Waals surface area (Å²) in [7, 11) is -1.38. The molecule has 0 amide bonds. The molecule has 0 unspecified atom stereocenters.